The molecule has 1 heterocycles. The van der Waals surface area contributed by atoms with Gasteiger partial charge in [0.25, 0.3) is 0 Å². The van der Waals surface area contributed by atoms with Crippen molar-refractivity contribution in [3.63, 3.8) is 0 Å². The minimum atomic E-state index is 0.390. The van der Waals surface area contributed by atoms with Gasteiger partial charge in [-0.05, 0) is 36.8 Å². The van der Waals surface area contributed by atoms with E-state index in [-0.39, 0.29) is 0 Å². The van der Waals surface area contributed by atoms with Gasteiger partial charge in [0.2, 0.25) is 12.4 Å². The number of nitrogens with zero attached hydrogens (tertiary/aromatic N) is 1. The predicted molar refractivity (Wildman–Crippen MR) is 75.5 cm³/mol. The lowest BCUT2D eigenvalue weighted by molar-refractivity contribution is -0.899. The van der Waals surface area contributed by atoms with Crippen molar-refractivity contribution in [1.29, 1.82) is 0 Å². The molecular formula is C17H20NO+. The summed E-state index contributed by atoms with van der Waals surface area (Å²) in [6.07, 6.45) is 10.7. The van der Waals surface area contributed by atoms with Crippen LogP contribution in [0.4, 0.5) is 0 Å². The summed E-state index contributed by atoms with van der Waals surface area (Å²) in [7, 11) is 0. The van der Waals surface area contributed by atoms with Crippen LogP contribution in [0, 0.1) is 0 Å². The monoisotopic (exact) mass is 254 g/mol. The maximum absolute atomic E-state index is 5.96. The first-order valence-electron chi connectivity index (χ1n) is 7.16. The normalized spacial score (nSPS) is 16.2. The Balaban J connectivity index is 1.68. The molecule has 1 aliphatic carbocycles. The fraction of sp³-hybridized carbons (Fsp3) is 0.353. The standard InChI is InChI=1S/C17H20NO/c1-3-7-15(8-4-1)16-11-13-18(14-12-16)19-17-9-5-2-6-10-17/h1,3-4,7-8,11-14,17H,2,5-6,9-10H2/q+1. The van der Waals surface area contributed by atoms with Crippen molar-refractivity contribution < 1.29 is 9.57 Å². The average Bonchev–Trinajstić information content (AvgIpc) is 2.50. The van der Waals surface area contributed by atoms with Crippen molar-refractivity contribution in [3.05, 3.63) is 54.9 Å². The van der Waals surface area contributed by atoms with E-state index in [0.29, 0.717) is 6.10 Å². The maximum atomic E-state index is 5.96. The van der Waals surface area contributed by atoms with E-state index in [1.807, 2.05) is 23.2 Å². The van der Waals surface area contributed by atoms with Crippen molar-refractivity contribution in [2.45, 2.75) is 38.2 Å². The fourth-order valence-electron chi connectivity index (χ4n) is 2.65. The zero-order valence-electron chi connectivity index (χ0n) is 11.2. The van der Waals surface area contributed by atoms with Crippen LogP contribution in [0.25, 0.3) is 11.1 Å². The van der Waals surface area contributed by atoms with E-state index < -0.39 is 0 Å². The van der Waals surface area contributed by atoms with Gasteiger partial charge < -0.3 is 0 Å². The minimum absolute atomic E-state index is 0.390. The summed E-state index contributed by atoms with van der Waals surface area (Å²) in [5.41, 5.74) is 2.47. The lowest BCUT2D eigenvalue weighted by Crippen LogP contribution is -2.47. The molecule has 1 fully saturated rings. The van der Waals surface area contributed by atoms with E-state index in [2.05, 4.69) is 36.4 Å². The molecule has 19 heavy (non-hydrogen) atoms. The SMILES string of the molecule is c1ccc(-c2cc[n+](OC3CCCCC3)cc2)cc1. The number of hydrogen-bond acceptors (Lipinski definition) is 1. The largest absolute Gasteiger partial charge is 0.268 e. The van der Waals surface area contributed by atoms with E-state index in [1.54, 1.807) is 0 Å². The molecule has 0 atom stereocenters. The Kier molecular flexibility index (Phi) is 3.78. The number of rotatable bonds is 3. The van der Waals surface area contributed by atoms with Crippen LogP contribution < -0.4 is 9.57 Å². The molecule has 0 radical (unpaired) electrons. The molecule has 0 spiro atoms. The first-order valence-corrected chi connectivity index (χ1v) is 7.16. The predicted octanol–water partition coefficient (Wildman–Crippen LogP) is 3.40. The van der Waals surface area contributed by atoms with Gasteiger partial charge in [-0.3, -0.25) is 4.84 Å². The van der Waals surface area contributed by atoms with Gasteiger partial charge in [0.1, 0.15) is 0 Å². The number of pyridine rings is 1. The molecule has 1 aromatic carbocycles. The molecular weight excluding hydrogens is 234 g/mol. The molecule has 0 aliphatic heterocycles. The second kappa shape index (κ2) is 5.87. The first kappa shape index (κ1) is 12.2. The van der Waals surface area contributed by atoms with Crippen molar-refractivity contribution in [1.82, 2.24) is 0 Å². The molecule has 3 rings (SSSR count). The Morgan fingerprint density at radius 1 is 0.789 bits per heavy atom. The zero-order valence-corrected chi connectivity index (χ0v) is 11.2. The van der Waals surface area contributed by atoms with Crippen molar-refractivity contribution in [2.24, 2.45) is 0 Å². The molecule has 2 heteroatoms. The number of benzene rings is 1. The summed E-state index contributed by atoms with van der Waals surface area (Å²) in [6.45, 7) is 0. The van der Waals surface area contributed by atoms with Gasteiger partial charge in [-0.25, -0.2) is 0 Å². The van der Waals surface area contributed by atoms with Crippen molar-refractivity contribution >= 4 is 0 Å². The third kappa shape index (κ3) is 3.14. The van der Waals surface area contributed by atoms with Gasteiger partial charge in [0.15, 0.2) is 6.10 Å². The summed E-state index contributed by atoms with van der Waals surface area (Å²) in [5, 5.41) is 0. The number of aromatic nitrogens is 1. The molecule has 0 N–H and O–H groups in total. The van der Waals surface area contributed by atoms with Gasteiger partial charge in [-0.2, -0.15) is 0 Å². The van der Waals surface area contributed by atoms with Crippen molar-refractivity contribution in [3.8, 4) is 11.1 Å². The molecule has 2 nitrogen and oxygen atoms in total. The van der Waals surface area contributed by atoms with E-state index in [9.17, 15) is 0 Å². The molecule has 0 amide bonds. The minimum Gasteiger partial charge on any atom is -0.268 e. The van der Waals surface area contributed by atoms with Gasteiger partial charge in [0, 0.05) is 16.9 Å². The molecule has 1 saturated carbocycles. The van der Waals surface area contributed by atoms with E-state index in [0.717, 1.165) is 0 Å². The fourth-order valence-corrected chi connectivity index (χ4v) is 2.65. The second-order valence-corrected chi connectivity index (χ2v) is 5.18. The topological polar surface area (TPSA) is 13.1 Å². The second-order valence-electron chi connectivity index (χ2n) is 5.18. The Morgan fingerprint density at radius 3 is 2.11 bits per heavy atom. The maximum Gasteiger partial charge on any atom is 0.223 e. The molecule has 1 aromatic heterocycles. The smallest absolute Gasteiger partial charge is 0.223 e. The van der Waals surface area contributed by atoms with Crippen LogP contribution in [0.15, 0.2) is 54.9 Å². The van der Waals surface area contributed by atoms with Crippen LogP contribution in [-0.2, 0) is 0 Å². The third-order valence-electron chi connectivity index (χ3n) is 3.73. The quantitative estimate of drug-likeness (QED) is 0.765. The molecule has 0 saturated heterocycles. The highest BCUT2D eigenvalue weighted by Crippen LogP contribution is 2.18. The first-order chi connectivity index (χ1) is 9.42. The summed E-state index contributed by atoms with van der Waals surface area (Å²) >= 11 is 0. The Labute approximate surface area is 114 Å². The van der Waals surface area contributed by atoms with Gasteiger partial charge >= 0.3 is 0 Å². The number of hydrogen-bond donors (Lipinski definition) is 0. The van der Waals surface area contributed by atoms with Crippen molar-refractivity contribution in [2.75, 3.05) is 0 Å². The van der Waals surface area contributed by atoms with E-state index >= 15 is 0 Å². The Bertz CT molecular complexity index is 501. The Hall–Kier alpha value is -1.83. The zero-order chi connectivity index (χ0) is 12.9. The molecule has 2 aromatic rings. The highest BCUT2D eigenvalue weighted by atomic mass is 16.7. The Morgan fingerprint density at radius 2 is 1.42 bits per heavy atom. The van der Waals surface area contributed by atoms with Crippen LogP contribution >= 0.6 is 0 Å². The van der Waals surface area contributed by atoms with E-state index in [4.69, 9.17) is 4.84 Å². The highest BCUT2D eigenvalue weighted by Gasteiger charge is 2.19. The highest BCUT2D eigenvalue weighted by molar-refractivity contribution is 5.61. The van der Waals surface area contributed by atoms with Crippen LogP contribution in [0.3, 0.4) is 0 Å². The summed E-state index contributed by atoms with van der Waals surface area (Å²) in [5.74, 6) is 0. The lowest BCUT2D eigenvalue weighted by atomic mass is 9.98. The molecule has 0 bridgehead atoms. The summed E-state index contributed by atoms with van der Waals surface area (Å²) in [6, 6.07) is 14.6. The van der Waals surface area contributed by atoms with Gasteiger partial charge in [0.05, 0.1) is 0 Å². The van der Waals surface area contributed by atoms with Crippen LogP contribution in [0.1, 0.15) is 32.1 Å². The summed E-state index contributed by atoms with van der Waals surface area (Å²) < 4.78 is 1.85. The van der Waals surface area contributed by atoms with E-state index in [1.165, 1.54) is 43.2 Å². The van der Waals surface area contributed by atoms with Gasteiger partial charge in [-0.1, -0.05) is 36.8 Å². The van der Waals surface area contributed by atoms with Crippen LogP contribution in [0.5, 0.6) is 0 Å². The van der Waals surface area contributed by atoms with Gasteiger partial charge in [-0.15, -0.1) is 0 Å². The third-order valence-corrected chi connectivity index (χ3v) is 3.73. The average molecular weight is 254 g/mol. The molecule has 98 valence electrons. The lowest BCUT2D eigenvalue weighted by Gasteiger charge is -2.17. The summed E-state index contributed by atoms with van der Waals surface area (Å²) in [4.78, 5) is 5.96. The molecule has 0 unspecified atom stereocenters. The molecule has 1 aliphatic rings. The van der Waals surface area contributed by atoms with Crippen LogP contribution in [-0.4, -0.2) is 6.10 Å². The van der Waals surface area contributed by atoms with Crippen LogP contribution in [0.2, 0.25) is 0 Å².